The van der Waals surface area contributed by atoms with Gasteiger partial charge in [-0.05, 0) is 43.4 Å². The zero-order chi connectivity index (χ0) is 13.7. The summed E-state index contributed by atoms with van der Waals surface area (Å²) in [4.78, 5) is 0. The van der Waals surface area contributed by atoms with Crippen LogP contribution < -0.4 is 4.72 Å². The van der Waals surface area contributed by atoms with Crippen LogP contribution in [0.15, 0.2) is 24.3 Å². The Hall–Kier alpha value is -0.780. The van der Waals surface area contributed by atoms with Gasteiger partial charge in [0.05, 0.1) is 5.69 Å². The Labute approximate surface area is 119 Å². The van der Waals surface area contributed by atoms with Crippen molar-refractivity contribution in [3.63, 3.8) is 0 Å². The third-order valence-electron chi connectivity index (χ3n) is 3.18. The smallest absolute Gasteiger partial charge is 0.271 e. The van der Waals surface area contributed by atoms with Crippen molar-refractivity contribution in [2.45, 2.75) is 25.7 Å². The Morgan fingerprint density at radius 2 is 2.00 bits per heavy atom. The van der Waals surface area contributed by atoms with Gasteiger partial charge in [0.15, 0.2) is 0 Å². The van der Waals surface area contributed by atoms with Gasteiger partial charge in [-0.15, -0.1) is 11.6 Å². The molecule has 0 amide bonds. The molecular formula is C13H19ClN2O2S. The normalized spacial score (nSPS) is 16.7. The summed E-state index contributed by atoms with van der Waals surface area (Å²) in [5.74, 6) is 0.615. The molecule has 1 fully saturated rings. The summed E-state index contributed by atoms with van der Waals surface area (Å²) in [6.07, 6.45) is 3.64. The van der Waals surface area contributed by atoms with E-state index in [9.17, 15) is 8.42 Å². The number of aryl methyl sites for hydroxylation is 1. The summed E-state index contributed by atoms with van der Waals surface area (Å²) < 4.78 is 28.4. The number of hydrogen-bond donors (Lipinski definition) is 1. The van der Waals surface area contributed by atoms with Crippen molar-refractivity contribution in [2.75, 3.05) is 23.7 Å². The summed E-state index contributed by atoms with van der Waals surface area (Å²) >= 11 is 5.67. The van der Waals surface area contributed by atoms with E-state index in [0.717, 1.165) is 31.2 Å². The Kier molecular flexibility index (Phi) is 5.07. The highest BCUT2D eigenvalue weighted by Gasteiger charge is 2.24. The Morgan fingerprint density at radius 3 is 2.68 bits per heavy atom. The maximum atomic E-state index is 12.1. The first-order chi connectivity index (χ1) is 9.12. The third-order valence-corrected chi connectivity index (χ3v) is 4.98. The fourth-order valence-corrected chi connectivity index (χ4v) is 3.63. The Morgan fingerprint density at radius 1 is 1.26 bits per heavy atom. The zero-order valence-electron chi connectivity index (χ0n) is 10.8. The van der Waals surface area contributed by atoms with Crippen LogP contribution in [-0.2, 0) is 16.6 Å². The van der Waals surface area contributed by atoms with Crippen LogP contribution in [-0.4, -0.2) is 31.7 Å². The molecule has 4 nitrogen and oxygen atoms in total. The van der Waals surface area contributed by atoms with Crippen LogP contribution in [0.1, 0.15) is 24.8 Å². The van der Waals surface area contributed by atoms with E-state index in [1.807, 2.05) is 18.2 Å². The van der Waals surface area contributed by atoms with E-state index in [2.05, 4.69) is 4.72 Å². The molecule has 0 atom stereocenters. The molecule has 19 heavy (non-hydrogen) atoms. The molecule has 2 rings (SSSR count). The first-order valence-corrected chi connectivity index (χ1v) is 8.52. The first-order valence-electron chi connectivity index (χ1n) is 6.54. The van der Waals surface area contributed by atoms with Crippen molar-refractivity contribution < 1.29 is 8.42 Å². The molecule has 0 bridgehead atoms. The van der Waals surface area contributed by atoms with Crippen molar-refractivity contribution in [3.8, 4) is 0 Å². The van der Waals surface area contributed by atoms with Gasteiger partial charge in [-0.1, -0.05) is 12.1 Å². The summed E-state index contributed by atoms with van der Waals surface area (Å²) in [5.41, 5.74) is 1.72. The monoisotopic (exact) mass is 302 g/mol. The minimum atomic E-state index is -3.39. The average Bonchev–Trinajstić information content (AvgIpc) is 2.91. The lowest BCUT2D eigenvalue weighted by Crippen LogP contribution is -2.33. The summed E-state index contributed by atoms with van der Waals surface area (Å²) in [6.45, 7) is 1.22. The van der Waals surface area contributed by atoms with Crippen LogP contribution >= 0.6 is 11.6 Å². The molecule has 1 aliphatic rings. The van der Waals surface area contributed by atoms with E-state index < -0.39 is 10.2 Å². The number of benzene rings is 1. The SMILES string of the molecule is O=S(=O)(Nc1cccc(CCCCl)c1)N1CCCC1. The van der Waals surface area contributed by atoms with Gasteiger partial charge in [-0.2, -0.15) is 12.7 Å². The van der Waals surface area contributed by atoms with Crippen molar-refractivity contribution in [2.24, 2.45) is 0 Å². The van der Waals surface area contributed by atoms with Crippen LogP contribution in [0, 0.1) is 0 Å². The zero-order valence-corrected chi connectivity index (χ0v) is 12.4. The molecule has 0 saturated carbocycles. The van der Waals surface area contributed by atoms with Crippen molar-refractivity contribution in [1.82, 2.24) is 4.31 Å². The standard InChI is InChI=1S/C13H19ClN2O2S/c14-8-4-6-12-5-3-7-13(11-12)15-19(17,18)16-9-1-2-10-16/h3,5,7,11,15H,1-2,4,6,8-10H2. The molecule has 0 spiro atoms. The van der Waals surface area contributed by atoms with E-state index in [0.29, 0.717) is 24.7 Å². The van der Waals surface area contributed by atoms with E-state index in [4.69, 9.17) is 11.6 Å². The molecule has 6 heteroatoms. The lowest BCUT2D eigenvalue weighted by Gasteiger charge is -2.17. The van der Waals surface area contributed by atoms with Gasteiger partial charge < -0.3 is 0 Å². The number of nitrogens with one attached hydrogen (secondary N) is 1. The minimum Gasteiger partial charge on any atom is -0.271 e. The Bertz CT molecular complexity index is 513. The van der Waals surface area contributed by atoms with E-state index in [1.165, 1.54) is 4.31 Å². The number of alkyl halides is 1. The molecule has 1 heterocycles. The second kappa shape index (κ2) is 6.59. The number of hydrogen-bond acceptors (Lipinski definition) is 2. The third kappa shape index (κ3) is 4.09. The van der Waals surface area contributed by atoms with Crippen molar-refractivity contribution >= 4 is 27.5 Å². The molecule has 0 aromatic heterocycles. The fourth-order valence-electron chi connectivity index (χ4n) is 2.20. The minimum absolute atomic E-state index is 0.612. The maximum Gasteiger partial charge on any atom is 0.301 e. The topological polar surface area (TPSA) is 49.4 Å². The second-order valence-electron chi connectivity index (χ2n) is 4.71. The van der Waals surface area contributed by atoms with Gasteiger partial charge >= 0.3 is 10.2 Å². The molecule has 0 aliphatic carbocycles. The second-order valence-corrected chi connectivity index (χ2v) is 6.75. The molecule has 1 N–H and O–H groups in total. The van der Waals surface area contributed by atoms with Gasteiger partial charge in [0.25, 0.3) is 0 Å². The van der Waals surface area contributed by atoms with Crippen molar-refractivity contribution in [1.29, 1.82) is 0 Å². The van der Waals surface area contributed by atoms with Crippen LogP contribution in [0.25, 0.3) is 0 Å². The van der Waals surface area contributed by atoms with Crippen LogP contribution in [0.3, 0.4) is 0 Å². The van der Waals surface area contributed by atoms with Gasteiger partial charge in [0, 0.05) is 19.0 Å². The molecule has 1 aliphatic heterocycles. The summed E-state index contributed by atoms with van der Waals surface area (Å²) in [6, 6.07) is 7.50. The van der Waals surface area contributed by atoms with Crippen LogP contribution in [0.2, 0.25) is 0 Å². The number of halogens is 1. The maximum absolute atomic E-state index is 12.1. The van der Waals surface area contributed by atoms with Gasteiger partial charge in [-0.25, -0.2) is 0 Å². The van der Waals surface area contributed by atoms with E-state index >= 15 is 0 Å². The first kappa shape index (κ1) is 14.6. The van der Waals surface area contributed by atoms with E-state index in [1.54, 1.807) is 6.07 Å². The van der Waals surface area contributed by atoms with Gasteiger partial charge in [-0.3, -0.25) is 4.72 Å². The van der Waals surface area contributed by atoms with Gasteiger partial charge in [0.2, 0.25) is 0 Å². The molecule has 106 valence electrons. The van der Waals surface area contributed by atoms with Crippen LogP contribution in [0.5, 0.6) is 0 Å². The highest BCUT2D eigenvalue weighted by atomic mass is 35.5. The lowest BCUT2D eigenvalue weighted by atomic mass is 10.1. The molecule has 0 unspecified atom stereocenters. The number of rotatable bonds is 6. The predicted octanol–water partition coefficient (Wildman–Crippen LogP) is 2.61. The molecule has 0 radical (unpaired) electrons. The predicted molar refractivity (Wildman–Crippen MR) is 78.8 cm³/mol. The number of anilines is 1. The molecule has 1 aromatic carbocycles. The summed E-state index contributed by atoms with van der Waals surface area (Å²) in [7, 11) is -3.39. The van der Waals surface area contributed by atoms with Gasteiger partial charge in [0.1, 0.15) is 0 Å². The van der Waals surface area contributed by atoms with Crippen LogP contribution in [0.4, 0.5) is 5.69 Å². The summed E-state index contributed by atoms with van der Waals surface area (Å²) in [5, 5.41) is 0. The highest BCUT2D eigenvalue weighted by Crippen LogP contribution is 2.18. The molecular weight excluding hydrogens is 284 g/mol. The van der Waals surface area contributed by atoms with E-state index in [-0.39, 0.29) is 0 Å². The largest absolute Gasteiger partial charge is 0.301 e. The Balaban J connectivity index is 2.05. The van der Waals surface area contributed by atoms with Crippen molar-refractivity contribution in [3.05, 3.63) is 29.8 Å². The quantitative estimate of drug-likeness (QED) is 0.821. The fraction of sp³-hybridized carbons (Fsp3) is 0.538. The number of nitrogens with zero attached hydrogens (tertiary/aromatic N) is 1. The molecule has 1 aromatic rings. The lowest BCUT2D eigenvalue weighted by molar-refractivity contribution is 0.482. The average molecular weight is 303 g/mol. The highest BCUT2D eigenvalue weighted by molar-refractivity contribution is 7.90. The molecule has 1 saturated heterocycles.